The van der Waals surface area contributed by atoms with Crippen molar-refractivity contribution in [3.63, 3.8) is 0 Å². The highest BCUT2D eigenvalue weighted by molar-refractivity contribution is 5.88. The summed E-state index contributed by atoms with van der Waals surface area (Å²) in [5.41, 5.74) is 1.11. The van der Waals surface area contributed by atoms with Crippen molar-refractivity contribution in [1.82, 2.24) is 15.1 Å². The fourth-order valence-electron chi connectivity index (χ4n) is 3.96. The summed E-state index contributed by atoms with van der Waals surface area (Å²) in [6, 6.07) is 9.64. The molecule has 2 rings (SSSR count). The summed E-state index contributed by atoms with van der Waals surface area (Å²) in [7, 11) is 4.03. The topological polar surface area (TPSA) is 52.7 Å². The Balaban J connectivity index is 2.12. The SMILES string of the molecule is CC(C)CC(NC(=O)C1CCCCC1)C(=O)N(CCN(C)C)Cc1ccccc1. The van der Waals surface area contributed by atoms with Crippen LogP contribution in [-0.2, 0) is 16.1 Å². The summed E-state index contributed by atoms with van der Waals surface area (Å²) in [6.45, 7) is 6.22. The van der Waals surface area contributed by atoms with E-state index < -0.39 is 6.04 Å². The molecule has 1 aromatic rings. The average Bonchev–Trinajstić information content (AvgIpc) is 2.71. The number of rotatable bonds is 10. The van der Waals surface area contributed by atoms with Crippen LogP contribution >= 0.6 is 0 Å². The molecule has 1 aliphatic carbocycles. The zero-order valence-corrected chi connectivity index (χ0v) is 18.7. The fourth-order valence-corrected chi connectivity index (χ4v) is 3.96. The molecule has 162 valence electrons. The monoisotopic (exact) mass is 401 g/mol. The predicted molar refractivity (Wildman–Crippen MR) is 118 cm³/mol. The summed E-state index contributed by atoms with van der Waals surface area (Å²) in [6.07, 6.45) is 6.01. The molecule has 1 fully saturated rings. The lowest BCUT2D eigenvalue weighted by Gasteiger charge is -2.31. The smallest absolute Gasteiger partial charge is 0.245 e. The number of likely N-dealkylation sites (N-methyl/N-ethyl adjacent to an activating group) is 1. The third kappa shape index (κ3) is 8.17. The zero-order chi connectivity index (χ0) is 21.2. The van der Waals surface area contributed by atoms with Crippen LogP contribution in [0.3, 0.4) is 0 Å². The van der Waals surface area contributed by atoms with Crippen LogP contribution in [0.4, 0.5) is 0 Å². The highest BCUT2D eigenvalue weighted by Gasteiger charge is 2.30. The number of nitrogens with one attached hydrogen (secondary N) is 1. The lowest BCUT2D eigenvalue weighted by Crippen LogP contribution is -2.51. The van der Waals surface area contributed by atoms with Gasteiger partial charge in [-0.2, -0.15) is 0 Å². The highest BCUT2D eigenvalue weighted by Crippen LogP contribution is 2.24. The molecule has 1 aromatic carbocycles. The Kier molecular flexibility index (Phi) is 9.65. The van der Waals surface area contributed by atoms with Crippen molar-refractivity contribution in [3.05, 3.63) is 35.9 Å². The molecule has 29 heavy (non-hydrogen) atoms. The molecular formula is C24H39N3O2. The van der Waals surface area contributed by atoms with Crippen LogP contribution in [0.1, 0.15) is 57.9 Å². The van der Waals surface area contributed by atoms with E-state index in [1.807, 2.05) is 49.3 Å². The van der Waals surface area contributed by atoms with Crippen LogP contribution in [0.15, 0.2) is 30.3 Å². The maximum absolute atomic E-state index is 13.5. The van der Waals surface area contributed by atoms with Crippen molar-refractivity contribution in [2.75, 3.05) is 27.2 Å². The van der Waals surface area contributed by atoms with E-state index in [0.29, 0.717) is 25.4 Å². The van der Waals surface area contributed by atoms with Crippen LogP contribution in [0.25, 0.3) is 0 Å². The fraction of sp³-hybridized carbons (Fsp3) is 0.667. The Morgan fingerprint density at radius 3 is 2.28 bits per heavy atom. The molecule has 1 aliphatic rings. The molecule has 0 radical (unpaired) electrons. The largest absolute Gasteiger partial charge is 0.344 e. The first-order chi connectivity index (χ1) is 13.9. The van der Waals surface area contributed by atoms with Gasteiger partial charge in [-0.3, -0.25) is 9.59 Å². The van der Waals surface area contributed by atoms with Gasteiger partial charge in [0.05, 0.1) is 0 Å². The number of hydrogen-bond donors (Lipinski definition) is 1. The first-order valence-corrected chi connectivity index (χ1v) is 11.1. The lowest BCUT2D eigenvalue weighted by molar-refractivity contribution is -0.138. The quantitative estimate of drug-likeness (QED) is 0.651. The number of carbonyl (C=O) groups excluding carboxylic acids is 2. The van der Waals surface area contributed by atoms with Gasteiger partial charge in [-0.15, -0.1) is 0 Å². The molecule has 1 unspecified atom stereocenters. The first-order valence-electron chi connectivity index (χ1n) is 11.1. The molecule has 2 amide bonds. The van der Waals surface area contributed by atoms with Crippen LogP contribution in [0.5, 0.6) is 0 Å². The molecule has 0 bridgehead atoms. The Hall–Kier alpha value is -1.88. The maximum atomic E-state index is 13.5. The first kappa shape index (κ1) is 23.4. The second-order valence-corrected chi connectivity index (χ2v) is 9.07. The number of amides is 2. The second kappa shape index (κ2) is 12.0. The molecule has 0 saturated heterocycles. The van der Waals surface area contributed by atoms with Gasteiger partial charge in [0.25, 0.3) is 0 Å². The van der Waals surface area contributed by atoms with Gasteiger partial charge < -0.3 is 15.1 Å². The maximum Gasteiger partial charge on any atom is 0.245 e. The van der Waals surface area contributed by atoms with Gasteiger partial charge in [-0.25, -0.2) is 0 Å². The highest BCUT2D eigenvalue weighted by atomic mass is 16.2. The van der Waals surface area contributed by atoms with Gasteiger partial charge in [-0.1, -0.05) is 63.4 Å². The zero-order valence-electron chi connectivity index (χ0n) is 18.7. The minimum Gasteiger partial charge on any atom is -0.344 e. The van der Waals surface area contributed by atoms with Gasteiger partial charge in [-0.05, 0) is 44.8 Å². The summed E-state index contributed by atoms with van der Waals surface area (Å²) in [4.78, 5) is 30.4. The Morgan fingerprint density at radius 2 is 1.69 bits per heavy atom. The Morgan fingerprint density at radius 1 is 1.03 bits per heavy atom. The number of nitrogens with zero attached hydrogens (tertiary/aromatic N) is 2. The van der Waals surface area contributed by atoms with E-state index in [1.165, 1.54) is 6.42 Å². The molecule has 0 spiro atoms. The predicted octanol–water partition coefficient (Wildman–Crippen LogP) is 3.69. The van der Waals surface area contributed by atoms with Crippen molar-refractivity contribution < 1.29 is 9.59 Å². The van der Waals surface area contributed by atoms with Gasteiger partial charge in [0.15, 0.2) is 0 Å². The van der Waals surface area contributed by atoms with Gasteiger partial charge in [0.2, 0.25) is 11.8 Å². The van der Waals surface area contributed by atoms with Gasteiger partial charge >= 0.3 is 0 Å². The number of carbonyl (C=O) groups is 2. The van der Waals surface area contributed by atoms with Crippen molar-refractivity contribution in [2.45, 2.75) is 65.0 Å². The molecule has 0 heterocycles. The van der Waals surface area contributed by atoms with Crippen molar-refractivity contribution >= 4 is 11.8 Å². The third-order valence-electron chi connectivity index (χ3n) is 5.64. The standard InChI is InChI=1S/C24H39N3O2/c1-19(2)17-22(25-23(28)21-13-9-6-10-14-21)24(29)27(16-15-26(3)4)18-20-11-7-5-8-12-20/h5,7-8,11-12,19,21-22H,6,9-10,13-18H2,1-4H3,(H,25,28). The average molecular weight is 402 g/mol. The molecular weight excluding hydrogens is 362 g/mol. The van der Waals surface area contributed by atoms with Crippen LogP contribution in [0.2, 0.25) is 0 Å². The van der Waals surface area contributed by atoms with Gasteiger partial charge in [0.1, 0.15) is 6.04 Å². The van der Waals surface area contributed by atoms with Crippen molar-refractivity contribution in [3.8, 4) is 0 Å². The van der Waals surface area contributed by atoms with Gasteiger partial charge in [0, 0.05) is 25.6 Å². The second-order valence-electron chi connectivity index (χ2n) is 9.07. The molecule has 1 atom stereocenters. The molecule has 5 heteroatoms. The molecule has 1 N–H and O–H groups in total. The van der Waals surface area contributed by atoms with E-state index >= 15 is 0 Å². The summed E-state index contributed by atoms with van der Waals surface area (Å²) in [5, 5.41) is 3.13. The van der Waals surface area contributed by atoms with E-state index in [2.05, 4.69) is 24.1 Å². The third-order valence-corrected chi connectivity index (χ3v) is 5.64. The minimum absolute atomic E-state index is 0.0357. The molecule has 0 aliphatic heterocycles. The van der Waals surface area contributed by atoms with E-state index in [-0.39, 0.29) is 17.7 Å². The Bertz CT molecular complexity index is 624. The number of benzene rings is 1. The molecule has 1 saturated carbocycles. The van der Waals surface area contributed by atoms with Crippen LogP contribution < -0.4 is 5.32 Å². The summed E-state index contributed by atoms with van der Waals surface area (Å²) < 4.78 is 0. The molecule has 5 nitrogen and oxygen atoms in total. The van der Waals surface area contributed by atoms with Crippen molar-refractivity contribution in [2.24, 2.45) is 11.8 Å². The Labute approximate surface area is 176 Å². The minimum atomic E-state index is -0.449. The normalized spacial score (nSPS) is 16.1. The van der Waals surface area contributed by atoms with E-state index in [0.717, 1.165) is 37.8 Å². The summed E-state index contributed by atoms with van der Waals surface area (Å²) in [5.74, 6) is 0.503. The van der Waals surface area contributed by atoms with E-state index in [9.17, 15) is 9.59 Å². The van der Waals surface area contributed by atoms with E-state index in [1.54, 1.807) is 0 Å². The molecule has 0 aromatic heterocycles. The lowest BCUT2D eigenvalue weighted by atomic mass is 9.88. The van der Waals surface area contributed by atoms with E-state index in [4.69, 9.17) is 0 Å². The van der Waals surface area contributed by atoms with Crippen LogP contribution in [0, 0.1) is 11.8 Å². The van der Waals surface area contributed by atoms with Crippen molar-refractivity contribution in [1.29, 1.82) is 0 Å². The number of hydrogen-bond acceptors (Lipinski definition) is 3. The summed E-state index contributed by atoms with van der Waals surface area (Å²) >= 11 is 0. The van der Waals surface area contributed by atoms with Crippen LogP contribution in [-0.4, -0.2) is 54.8 Å².